The molecule has 2 heterocycles. The third kappa shape index (κ3) is 3.51. The van der Waals surface area contributed by atoms with E-state index in [-0.39, 0.29) is 35.7 Å². The van der Waals surface area contributed by atoms with E-state index in [0.29, 0.717) is 11.3 Å². The number of amides is 1. The fraction of sp³-hybridized carbons (Fsp3) is 0.235. The number of hydrogen-bond acceptors (Lipinski definition) is 6. The van der Waals surface area contributed by atoms with Crippen molar-refractivity contribution in [3.05, 3.63) is 64.3 Å². The van der Waals surface area contributed by atoms with Gasteiger partial charge in [-0.2, -0.15) is 10.1 Å². The second-order valence-corrected chi connectivity index (χ2v) is 5.98. The summed E-state index contributed by atoms with van der Waals surface area (Å²) in [5.74, 6) is -0.760. The van der Waals surface area contributed by atoms with Crippen LogP contribution in [0.4, 0.5) is 4.39 Å². The molecule has 132 valence electrons. The van der Waals surface area contributed by atoms with E-state index in [1.807, 2.05) is 0 Å². The van der Waals surface area contributed by atoms with Gasteiger partial charge in [0.1, 0.15) is 12.4 Å². The Labute approximate surface area is 146 Å². The summed E-state index contributed by atoms with van der Waals surface area (Å²) in [5, 5.41) is 10.7. The van der Waals surface area contributed by atoms with E-state index in [4.69, 9.17) is 4.52 Å². The fourth-order valence-corrected chi connectivity index (χ4v) is 2.36. The molecule has 0 bridgehead atoms. The maximum absolute atomic E-state index is 13.0. The number of nitrogens with one attached hydrogen (secondary N) is 1. The van der Waals surface area contributed by atoms with Crippen molar-refractivity contribution < 1.29 is 13.7 Å². The molecule has 4 rings (SSSR count). The first-order valence-corrected chi connectivity index (χ1v) is 8.06. The van der Waals surface area contributed by atoms with E-state index in [1.165, 1.54) is 18.2 Å². The Morgan fingerprint density at radius 2 is 2.00 bits per heavy atom. The third-order valence-corrected chi connectivity index (χ3v) is 3.87. The van der Waals surface area contributed by atoms with E-state index in [9.17, 15) is 14.0 Å². The van der Waals surface area contributed by atoms with Crippen LogP contribution in [-0.4, -0.2) is 31.9 Å². The van der Waals surface area contributed by atoms with Gasteiger partial charge in [0.05, 0.1) is 5.69 Å². The third-order valence-electron chi connectivity index (χ3n) is 3.87. The standard InChI is InChI=1S/C17H14FN5O3/c18-11-3-1-10(2-4-11)13-7-8-15(24)23(21-13)9-14-20-17(26-22-14)16(25)19-12-5-6-12/h1-4,7-8,12H,5-6,9H2,(H,19,25). The normalized spacial score (nSPS) is 13.6. The highest BCUT2D eigenvalue weighted by Crippen LogP contribution is 2.19. The average molecular weight is 355 g/mol. The summed E-state index contributed by atoms with van der Waals surface area (Å²) in [6, 6.07) is 8.85. The molecular formula is C17H14FN5O3. The van der Waals surface area contributed by atoms with Crippen LogP contribution in [0.3, 0.4) is 0 Å². The average Bonchev–Trinajstić information content (AvgIpc) is 3.32. The molecule has 26 heavy (non-hydrogen) atoms. The molecule has 0 unspecified atom stereocenters. The van der Waals surface area contributed by atoms with E-state index in [0.717, 1.165) is 17.5 Å². The number of carbonyl (C=O) groups is 1. The zero-order valence-electron chi connectivity index (χ0n) is 13.6. The molecule has 1 aromatic carbocycles. The van der Waals surface area contributed by atoms with Crippen LogP contribution in [0.2, 0.25) is 0 Å². The number of benzene rings is 1. The summed E-state index contributed by atoms with van der Waals surface area (Å²) in [7, 11) is 0. The SMILES string of the molecule is O=C(NC1CC1)c1nc(Cn2nc(-c3ccc(F)cc3)ccc2=O)no1. The fourth-order valence-electron chi connectivity index (χ4n) is 2.36. The van der Waals surface area contributed by atoms with E-state index in [2.05, 4.69) is 20.6 Å². The van der Waals surface area contributed by atoms with Gasteiger partial charge in [-0.15, -0.1) is 0 Å². The Balaban J connectivity index is 1.55. The van der Waals surface area contributed by atoms with Crippen LogP contribution in [0.5, 0.6) is 0 Å². The second kappa shape index (κ2) is 6.51. The molecule has 1 fully saturated rings. The van der Waals surface area contributed by atoms with Crippen LogP contribution in [0.15, 0.2) is 45.7 Å². The topological polar surface area (TPSA) is 103 Å². The highest BCUT2D eigenvalue weighted by molar-refractivity contribution is 5.89. The number of halogens is 1. The molecular weight excluding hydrogens is 341 g/mol. The van der Waals surface area contributed by atoms with Gasteiger partial charge in [-0.05, 0) is 43.2 Å². The lowest BCUT2D eigenvalue weighted by Crippen LogP contribution is -2.26. The molecule has 0 atom stereocenters. The van der Waals surface area contributed by atoms with Crippen LogP contribution >= 0.6 is 0 Å². The zero-order chi connectivity index (χ0) is 18.1. The molecule has 1 amide bonds. The predicted octanol–water partition coefficient (Wildman–Crippen LogP) is 1.37. The van der Waals surface area contributed by atoms with E-state index in [1.54, 1.807) is 18.2 Å². The Bertz CT molecular complexity index is 1010. The first-order chi connectivity index (χ1) is 12.6. The van der Waals surface area contributed by atoms with Gasteiger partial charge in [0.15, 0.2) is 5.82 Å². The lowest BCUT2D eigenvalue weighted by Gasteiger charge is -2.05. The van der Waals surface area contributed by atoms with Crippen molar-refractivity contribution in [2.24, 2.45) is 0 Å². The number of aromatic nitrogens is 4. The Morgan fingerprint density at radius 3 is 2.73 bits per heavy atom. The molecule has 3 aromatic rings. The van der Waals surface area contributed by atoms with Crippen molar-refractivity contribution in [2.75, 3.05) is 0 Å². The molecule has 2 aromatic heterocycles. The number of hydrogen-bond donors (Lipinski definition) is 1. The minimum atomic E-state index is -0.424. The van der Waals surface area contributed by atoms with Gasteiger partial charge >= 0.3 is 11.8 Å². The molecule has 0 radical (unpaired) electrons. The monoisotopic (exact) mass is 355 g/mol. The van der Waals surface area contributed by atoms with Gasteiger partial charge in [0, 0.05) is 17.7 Å². The highest BCUT2D eigenvalue weighted by Gasteiger charge is 2.26. The summed E-state index contributed by atoms with van der Waals surface area (Å²) in [6.07, 6.45) is 1.89. The number of rotatable bonds is 5. The maximum atomic E-state index is 13.0. The summed E-state index contributed by atoms with van der Waals surface area (Å²) < 4.78 is 19.1. The quantitative estimate of drug-likeness (QED) is 0.741. The minimum absolute atomic E-state index is 0.0475. The van der Waals surface area contributed by atoms with Gasteiger partial charge in [-0.3, -0.25) is 9.59 Å². The Kier molecular flexibility index (Phi) is 4.04. The molecule has 8 nitrogen and oxygen atoms in total. The zero-order valence-corrected chi connectivity index (χ0v) is 13.6. The molecule has 1 N–H and O–H groups in total. The molecule has 1 saturated carbocycles. The first-order valence-electron chi connectivity index (χ1n) is 8.06. The smallest absolute Gasteiger partial charge is 0.316 e. The van der Waals surface area contributed by atoms with Gasteiger partial charge in [0.2, 0.25) is 0 Å². The largest absolute Gasteiger partial charge is 0.345 e. The van der Waals surface area contributed by atoms with Crippen LogP contribution in [-0.2, 0) is 6.54 Å². The summed E-state index contributed by atoms with van der Waals surface area (Å²) >= 11 is 0. The summed E-state index contributed by atoms with van der Waals surface area (Å²) in [5.41, 5.74) is 0.808. The van der Waals surface area contributed by atoms with Gasteiger partial charge < -0.3 is 9.84 Å². The summed E-state index contributed by atoms with van der Waals surface area (Å²) in [4.78, 5) is 27.9. The predicted molar refractivity (Wildman–Crippen MR) is 87.8 cm³/mol. The molecule has 1 aliphatic rings. The van der Waals surface area contributed by atoms with Crippen molar-refractivity contribution in [1.82, 2.24) is 25.2 Å². The van der Waals surface area contributed by atoms with Crippen molar-refractivity contribution in [3.63, 3.8) is 0 Å². The minimum Gasteiger partial charge on any atom is -0.345 e. The number of carbonyl (C=O) groups excluding carboxylic acids is 1. The Hall–Kier alpha value is -3.36. The highest BCUT2D eigenvalue weighted by atomic mass is 19.1. The molecule has 0 saturated heterocycles. The molecule has 0 spiro atoms. The van der Waals surface area contributed by atoms with Crippen LogP contribution < -0.4 is 10.9 Å². The van der Waals surface area contributed by atoms with Gasteiger partial charge in [-0.25, -0.2) is 9.07 Å². The Morgan fingerprint density at radius 1 is 1.23 bits per heavy atom. The van der Waals surface area contributed by atoms with Crippen LogP contribution in [0.1, 0.15) is 29.4 Å². The lowest BCUT2D eigenvalue weighted by atomic mass is 10.1. The van der Waals surface area contributed by atoms with E-state index < -0.39 is 5.91 Å². The first kappa shape index (κ1) is 16.1. The van der Waals surface area contributed by atoms with Crippen molar-refractivity contribution >= 4 is 5.91 Å². The molecule has 1 aliphatic carbocycles. The van der Waals surface area contributed by atoms with Gasteiger partial charge in [0.25, 0.3) is 5.56 Å². The van der Waals surface area contributed by atoms with E-state index >= 15 is 0 Å². The van der Waals surface area contributed by atoms with Crippen molar-refractivity contribution in [1.29, 1.82) is 0 Å². The van der Waals surface area contributed by atoms with Crippen molar-refractivity contribution in [2.45, 2.75) is 25.4 Å². The summed E-state index contributed by atoms with van der Waals surface area (Å²) in [6.45, 7) is -0.0475. The second-order valence-electron chi connectivity index (χ2n) is 5.98. The lowest BCUT2D eigenvalue weighted by molar-refractivity contribution is 0.0907. The van der Waals surface area contributed by atoms with Gasteiger partial charge in [-0.1, -0.05) is 5.16 Å². The number of nitrogens with zero attached hydrogens (tertiary/aromatic N) is 4. The van der Waals surface area contributed by atoms with Crippen molar-refractivity contribution in [3.8, 4) is 11.3 Å². The van der Waals surface area contributed by atoms with Crippen LogP contribution in [0.25, 0.3) is 11.3 Å². The van der Waals surface area contributed by atoms with Crippen LogP contribution in [0, 0.1) is 5.82 Å². The molecule has 0 aliphatic heterocycles. The maximum Gasteiger partial charge on any atom is 0.316 e. The molecule has 9 heteroatoms.